The first-order valence-corrected chi connectivity index (χ1v) is 12.2. The lowest BCUT2D eigenvalue weighted by Gasteiger charge is -2.20. The predicted molar refractivity (Wildman–Crippen MR) is 128 cm³/mol. The average molecular weight is 479 g/mol. The summed E-state index contributed by atoms with van der Waals surface area (Å²) in [5.41, 5.74) is 4.57. The van der Waals surface area contributed by atoms with E-state index < -0.39 is 24.0 Å². The van der Waals surface area contributed by atoms with Gasteiger partial charge in [0, 0.05) is 12.5 Å². The lowest BCUT2D eigenvalue weighted by molar-refractivity contribution is -0.141. The van der Waals surface area contributed by atoms with Crippen molar-refractivity contribution in [1.82, 2.24) is 10.6 Å². The fourth-order valence-electron chi connectivity index (χ4n) is 5.06. The molecule has 2 aromatic rings. The first-order chi connectivity index (χ1) is 17.0. The van der Waals surface area contributed by atoms with Gasteiger partial charge in [-0.15, -0.1) is 0 Å². The smallest absolute Gasteiger partial charge is 0.407 e. The Bertz CT molecular complexity index is 1070. The van der Waals surface area contributed by atoms with Gasteiger partial charge in [0.25, 0.3) is 0 Å². The highest BCUT2D eigenvalue weighted by atomic mass is 16.5. The van der Waals surface area contributed by atoms with Gasteiger partial charge >= 0.3 is 12.1 Å². The van der Waals surface area contributed by atoms with E-state index in [-0.39, 0.29) is 37.7 Å². The molecule has 1 aliphatic heterocycles. The molecule has 2 amide bonds. The van der Waals surface area contributed by atoms with Crippen LogP contribution in [0, 0.1) is 11.8 Å². The van der Waals surface area contributed by atoms with Gasteiger partial charge in [-0.05, 0) is 41.0 Å². The molecular weight excluding hydrogens is 448 g/mol. The van der Waals surface area contributed by atoms with Crippen molar-refractivity contribution in [1.29, 1.82) is 0 Å². The van der Waals surface area contributed by atoms with Crippen LogP contribution in [0.4, 0.5) is 4.79 Å². The standard InChI is InChI=1S/C27H30N2O6/c30-25(28-13-18-12-17(14-34-18)26(31)32)24(11-16-9-10-16)29-27(33)35-15-23-21-7-3-1-5-19(21)20-6-2-4-8-22(20)23/h1-8,16-18,23-24H,9-15H2,(H,28,30)(H,29,33)(H,31,32)/t17-,18-,24-/m0/s1. The van der Waals surface area contributed by atoms with Crippen molar-refractivity contribution >= 4 is 18.0 Å². The number of hydrogen-bond donors (Lipinski definition) is 3. The largest absolute Gasteiger partial charge is 0.481 e. The minimum absolute atomic E-state index is 0.0504. The third-order valence-electron chi connectivity index (χ3n) is 7.15. The number of alkyl carbamates (subject to hydrolysis) is 1. The van der Waals surface area contributed by atoms with E-state index in [1.807, 2.05) is 24.3 Å². The van der Waals surface area contributed by atoms with E-state index in [0.717, 1.165) is 35.1 Å². The van der Waals surface area contributed by atoms with Crippen LogP contribution in [0.2, 0.25) is 0 Å². The van der Waals surface area contributed by atoms with Gasteiger partial charge in [-0.2, -0.15) is 0 Å². The Hall–Kier alpha value is -3.39. The molecule has 184 valence electrons. The fourth-order valence-corrected chi connectivity index (χ4v) is 5.06. The Labute approximate surface area is 204 Å². The molecule has 5 rings (SSSR count). The number of fused-ring (bicyclic) bond motifs is 3. The lowest BCUT2D eigenvalue weighted by Crippen LogP contribution is -2.48. The number of carboxylic acid groups (broad SMARTS) is 1. The Morgan fingerprint density at radius 3 is 2.29 bits per heavy atom. The Kier molecular flexibility index (Phi) is 6.72. The van der Waals surface area contributed by atoms with Crippen LogP contribution >= 0.6 is 0 Å². The zero-order valence-electron chi connectivity index (χ0n) is 19.4. The molecule has 0 radical (unpaired) electrons. The molecule has 0 spiro atoms. The molecule has 1 heterocycles. The molecular formula is C27H30N2O6. The quantitative estimate of drug-likeness (QED) is 0.510. The van der Waals surface area contributed by atoms with Gasteiger partial charge in [-0.3, -0.25) is 9.59 Å². The van der Waals surface area contributed by atoms with Gasteiger partial charge < -0.3 is 25.2 Å². The van der Waals surface area contributed by atoms with Crippen LogP contribution in [-0.2, 0) is 19.1 Å². The van der Waals surface area contributed by atoms with Gasteiger partial charge in [-0.25, -0.2) is 4.79 Å². The van der Waals surface area contributed by atoms with Gasteiger partial charge in [0.1, 0.15) is 12.6 Å². The van der Waals surface area contributed by atoms with E-state index in [9.17, 15) is 14.4 Å². The van der Waals surface area contributed by atoms with Crippen LogP contribution in [0.3, 0.4) is 0 Å². The number of benzene rings is 2. The fraction of sp³-hybridized carbons (Fsp3) is 0.444. The maximum Gasteiger partial charge on any atom is 0.407 e. The van der Waals surface area contributed by atoms with Crippen LogP contribution in [0.1, 0.15) is 42.7 Å². The summed E-state index contributed by atoms with van der Waals surface area (Å²) in [6, 6.07) is 15.6. The van der Waals surface area contributed by atoms with Crippen LogP contribution < -0.4 is 10.6 Å². The summed E-state index contributed by atoms with van der Waals surface area (Å²) in [7, 11) is 0. The van der Waals surface area contributed by atoms with E-state index in [2.05, 4.69) is 34.9 Å². The van der Waals surface area contributed by atoms with E-state index in [1.165, 1.54) is 0 Å². The highest BCUT2D eigenvalue weighted by Crippen LogP contribution is 2.44. The van der Waals surface area contributed by atoms with Crippen molar-refractivity contribution in [3.63, 3.8) is 0 Å². The Balaban J connectivity index is 1.17. The highest BCUT2D eigenvalue weighted by molar-refractivity contribution is 5.86. The van der Waals surface area contributed by atoms with E-state index in [1.54, 1.807) is 0 Å². The number of carboxylic acids is 1. The Morgan fingerprint density at radius 1 is 1.03 bits per heavy atom. The molecule has 2 aliphatic carbocycles. The zero-order chi connectivity index (χ0) is 24.4. The summed E-state index contributed by atoms with van der Waals surface area (Å²) in [4.78, 5) is 36.7. The molecule has 3 N–H and O–H groups in total. The van der Waals surface area contributed by atoms with E-state index >= 15 is 0 Å². The second kappa shape index (κ2) is 10.1. The van der Waals surface area contributed by atoms with Gasteiger partial charge in [-0.1, -0.05) is 61.4 Å². The lowest BCUT2D eigenvalue weighted by atomic mass is 9.98. The summed E-state index contributed by atoms with van der Waals surface area (Å²) in [6.07, 6.45) is 2.05. The van der Waals surface area contributed by atoms with Gasteiger partial charge in [0.15, 0.2) is 0 Å². The monoisotopic (exact) mass is 478 g/mol. The van der Waals surface area contributed by atoms with Crippen LogP contribution in [0.15, 0.2) is 48.5 Å². The minimum Gasteiger partial charge on any atom is -0.481 e. The van der Waals surface area contributed by atoms with Crippen molar-refractivity contribution in [2.45, 2.75) is 43.7 Å². The minimum atomic E-state index is -0.887. The molecule has 0 bridgehead atoms. The number of aliphatic carboxylic acids is 1. The number of amides is 2. The molecule has 2 aromatic carbocycles. The van der Waals surface area contributed by atoms with Crippen LogP contribution in [0.25, 0.3) is 11.1 Å². The van der Waals surface area contributed by atoms with E-state index in [4.69, 9.17) is 14.6 Å². The Morgan fingerprint density at radius 2 is 1.69 bits per heavy atom. The first kappa shape index (κ1) is 23.4. The summed E-state index contributed by atoms with van der Waals surface area (Å²) in [5.74, 6) is -1.36. The van der Waals surface area contributed by atoms with Crippen molar-refractivity contribution in [2.24, 2.45) is 11.8 Å². The maximum atomic E-state index is 12.8. The molecule has 35 heavy (non-hydrogen) atoms. The molecule has 1 saturated carbocycles. The molecule has 0 unspecified atom stereocenters. The number of hydrogen-bond acceptors (Lipinski definition) is 5. The summed E-state index contributed by atoms with van der Waals surface area (Å²) in [5, 5.41) is 14.7. The third kappa shape index (κ3) is 5.32. The van der Waals surface area contributed by atoms with Gasteiger partial charge in [0.05, 0.1) is 18.6 Å². The summed E-state index contributed by atoms with van der Waals surface area (Å²) in [6.45, 7) is 0.555. The zero-order valence-corrected chi connectivity index (χ0v) is 19.4. The number of ether oxygens (including phenoxy) is 2. The average Bonchev–Trinajstić information content (AvgIpc) is 3.44. The molecule has 0 aromatic heterocycles. The van der Waals surface area contributed by atoms with E-state index in [0.29, 0.717) is 18.8 Å². The molecule has 8 heteroatoms. The van der Waals surface area contributed by atoms with Gasteiger partial charge in [0.2, 0.25) is 5.91 Å². The molecule has 2 fully saturated rings. The number of rotatable bonds is 9. The second-order valence-electron chi connectivity index (χ2n) is 9.67. The highest BCUT2D eigenvalue weighted by Gasteiger charge is 2.34. The number of carbonyl (C=O) groups excluding carboxylic acids is 2. The topological polar surface area (TPSA) is 114 Å². The van der Waals surface area contributed by atoms with Crippen LogP contribution in [-0.4, -0.2) is 55.0 Å². The van der Waals surface area contributed by atoms with Crippen molar-refractivity contribution < 1.29 is 29.0 Å². The predicted octanol–water partition coefficient (Wildman–Crippen LogP) is 3.30. The van der Waals surface area contributed by atoms with Crippen molar-refractivity contribution in [3.8, 4) is 11.1 Å². The third-order valence-corrected chi connectivity index (χ3v) is 7.15. The molecule has 3 atom stereocenters. The molecule has 1 saturated heterocycles. The summed E-state index contributed by atoms with van der Waals surface area (Å²) >= 11 is 0. The molecule has 8 nitrogen and oxygen atoms in total. The van der Waals surface area contributed by atoms with Crippen molar-refractivity contribution in [3.05, 3.63) is 59.7 Å². The normalized spacial score (nSPS) is 21.6. The SMILES string of the molecule is O=C(N[C@@H](CC1CC1)C(=O)NC[C@@H]1C[C@H](C(=O)O)CO1)OCC1c2ccccc2-c2ccccc21. The van der Waals surface area contributed by atoms with Crippen molar-refractivity contribution in [2.75, 3.05) is 19.8 Å². The van der Waals surface area contributed by atoms with Crippen LogP contribution in [0.5, 0.6) is 0 Å². The number of nitrogens with one attached hydrogen (secondary N) is 2. The number of carbonyl (C=O) groups is 3. The molecule has 3 aliphatic rings. The maximum absolute atomic E-state index is 12.8. The first-order valence-electron chi connectivity index (χ1n) is 12.2. The summed E-state index contributed by atoms with van der Waals surface area (Å²) < 4.78 is 11.1. The second-order valence-corrected chi connectivity index (χ2v) is 9.67.